The largest absolute Gasteiger partial charge is 0.573 e. The Kier molecular flexibility index (Phi) is 5.82. The van der Waals surface area contributed by atoms with Crippen LogP contribution in [0, 0.1) is 0 Å². The fourth-order valence-corrected chi connectivity index (χ4v) is 1.82. The number of carboxylic acids is 1. The van der Waals surface area contributed by atoms with Gasteiger partial charge in [0.1, 0.15) is 11.9 Å². The molecule has 2 atom stereocenters. The van der Waals surface area contributed by atoms with Crippen molar-refractivity contribution in [1.82, 2.24) is 0 Å². The third kappa shape index (κ3) is 5.41. The molecule has 1 aromatic rings. The predicted octanol–water partition coefficient (Wildman–Crippen LogP) is 2.31. The molecule has 0 spiro atoms. The molecule has 0 saturated heterocycles. The van der Waals surface area contributed by atoms with Crippen LogP contribution in [0.2, 0.25) is 0 Å². The van der Waals surface area contributed by atoms with Crippen LogP contribution in [0.1, 0.15) is 28.4 Å². The zero-order valence-corrected chi connectivity index (χ0v) is 11.2. The fraction of sp³-hybridized carbons (Fsp3) is 0.417. The van der Waals surface area contributed by atoms with Crippen molar-refractivity contribution in [3.8, 4) is 5.75 Å². The average molecular weight is 329 g/mol. The molecule has 3 N–H and O–H groups in total. The Hall–Kier alpha value is -1.51. The summed E-state index contributed by atoms with van der Waals surface area (Å²) in [6.45, 7) is 0. The van der Waals surface area contributed by atoms with Gasteiger partial charge in [0.2, 0.25) is 0 Å². The number of hydrogen-bond acceptors (Lipinski definition) is 4. The molecule has 5 nitrogen and oxygen atoms in total. The lowest BCUT2D eigenvalue weighted by molar-refractivity contribution is -0.274. The Bertz CT molecular complexity index is 506. The highest BCUT2D eigenvalue weighted by Gasteiger charge is 2.32. The Morgan fingerprint density at radius 3 is 2.38 bits per heavy atom. The summed E-state index contributed by atoms with van der Waals surface area (Å²) in [6, 6.07) is 2.43. The average Bonchev–Trinajstić information content (AvgIpc) is 2.35. The van der Waals surface area contributed by atoms with Crippen molar-refractivity contribution in [2.24, 2.45) is 0 Å². The molecule has 118 valence electrons. The van der Waals surface area contributed by atoms with E-state index in [2.05, 4.69) is 4.74 Å². The number of alkyl halides is 4. The predicted molar refractivity (Wildman–Crippen MR) is 66.4 cm³/mol. The summed E-state index contributed by atoms with van der Waals surface area (Å²) >= 11 is 5.39. The molecule has 0 aromatic heterocycles. The molecule has 0 amide bonds. The van der Waals surface area contributed by atoms with E-state index in [0.717, 1.165) is 12.1 Å². The van der Waals surface area contributed by atoms with Crippen molar-refractivity contribution in [3.63, 3.8) is 0 Å². The molecule has 0 aliphatic rings. The molecule has 0 saturated carbocycles. The monoisotopic (exact) mass is 328 g/mol. The number of benzene rings is 1. The van der Waals surface area contributed by atoms with Crippen molar-refractivity contribution in [3.05, 3.63) is 29.3 Å². The molecule has 1 aromatic carbocycles. The van der Waals surface area contributed by atoms with E-state index in [9.17, 15) is 28.2 Å². The van der Waals surface area contributed by atoms with Crippen molar-refractivity contribution in [2.45, 2.75) is 25.0 Å². The van der Waals surface area contributed by atoms with Gasteiger partial charge in [-0.05, 0) is 30.2 Å². The van der Waals surface area contributed by atoms with Gasteiger partial charge in [-0.25, -0.2) is 4.79 Å². The van der Waals surface area contributed by atoms with E-state index < -0.39 is 35.9 Å². The smallest absolute Gasteiger partial charge is 0.478 e. The number of hydrogen-bond donors (Lipinski definition) is 3. The summed E-state index contributed by atoms with van der Waals surface area (Å²) in [4.78, 5) is 10.9. The molecular weight excluding hydrogens is 317 g/mol. The maximum absolute atomic E-state index is 12.2. The van der Waals surface area contributed by atoms with Crippen LogP contribution in [0.15, 0.2) is 18.2 Å². The van der Waals surface area contributed by atoms with Gasteiger partial charge < -0.3 is 20.1 Å². The molecular formula is C12H12ClF3O5. The lowest BCUT2D eigenvalue weighted by atomic mass is 10.00. The normalized spacial score (nSPS) is 14.6. The van der Waals surface area contributed by atoms with Gasteiger partial charge in [0.05, 0.1) is 11.7 Å². The zero-order valence-electron chi connectivity index (χ0n) is 10.5. The van der Waals surface area contributed by atoms with Crippen LogP contribution in [0.25, 0.3) is 0 Å². The van der Waals surface area contributed by atoms with E-state index in [1.165, 1.54) is 0 Å². The van der Waals surface area contributed by atoms with Gasteiger partial charge in [0.15, 0.2) is 0 Å². The van der Waals surface area contributed by atoms with Gasteiger partial charge in [-0.1, -0.05) is 0 Å². The van der Waals surface area contributed by atoms with E-state index in [1.807, 2.05) is 0 Å². The minimum absolute atomic E-state index is 0.0166. The summed E-state index contributed by atoms with van der Waals surface area (Å²) in [5.41, 5.74) is -0.726. The highest BCUT2D eigenvalue weighted by Crippen LogP contribution is 2.29. The van der Waals surface area contributed by atoms with Crippen LogP contribution >= 0.6 is 11.6 Å². The van der Waals surface area contributed by atoms with E-state index >= 15 is 0 Å². The van der Waals surface area contributed by atoms with Gasteiger partial charge in [-0.2, -0.15) is 0 Å². The number of ether oxygens (including phenoxy) is 1. The van der Waals surface area contributed by atoms with Crippen molar-refractivity contribution >= 4 is 17.6 Å². The summed E-state index contributed by atoms with van der Waals surface area (Å²) < 4.78 is 40.2. The number of halogens is 4. The van der Waals surface area contributed by atoms with Crippen molar-refractivity contribution in [1.29, 1.82) is 0 Å². The second-order valence-corrected chi connectivity index (χ2v) is 4.51. The van der Waals surface area contributed by atoms with Gasteiger partial charge in [0.25, 0.3) is 0 Å². The van der Waals surface area contributed by atoms with Gasteiger partial charge in [-0.15, -0.1) is 24.8 Å². The number of carbonyl (C=O) groups is 1. The molecule has 0 fully saturated rings. The first-order chi connectivity index (χ1) is 9.64. The molecule has 0 aliphatic heterocycles. The molecule has 9 heteroatoms. The summed E-state index contributed by atoms with van der Waals surface area (Å²) in [7, 11) is 0. The summed E-state index contributed by atoms with van der Waals surface area (Å²) in [6.07, 6.45) is -7.95. The van der Waals surface area contributed by atoms with E-state index in [0.29, 0.717) is 6.07 Å². The first-order valence-electron chi connectivity index (χ1n) is 5.70. The number of aromatic carboxylic acids is 1. The third-order valence-electron chi connectivity index (χ3n) is 2.52. The first-order valence-corrected chi connectivity index (χ1v) is 6.23. The first kappa shape index (κ1) is 17.5. The van der Waals surface area contributed by atoms with Crippen LogP contribution in [-0.2, 0) is 0 Å². The second-order valence-electron chi connectivity index (χ2n) is 4.13. The van der Waals surface area contributed by atoms with Crippen molar-refractivity contribution < 1.29 is 38.0 Å². The van der Waals surface area contributed by atoms with Gasteiger partial charge in [0, 0.05) is 5.88 Å². The summed E-state index contributed by atoms with van der Waals surface area (Å²) in [5.74, 6) is -2.28. The van der Waals surface area contributed by atoms with E-state index in [-0.39, 0.29) is 17.9 Å². The SMILES string of the molecule is O=C(O)c1cc(OC(F)(F)F)cc(C(O)C(O)CCCl)c1. The quantitative estimate of drug-likeness (QED) is 0.698. The highest BCUT2D eigenvalue weighted by molar-refractivity contribution is 6.17. The Balaban J connectivity index is 3.16. The van der Waals surface area contributed by atoms with Crippen LogP contribution in [0.3, 0.4) is 0 Å². The minimum Gasteiger partial charge on any atom is -0.478 e. The maximum atomic E-state index is 12.2. The highest BCUT2D eigenvalue weighted by atomic mass is 35.5. The molecule has 0 radical (unpaired) electrons. The maximum Gasteiger partial charge on any atom is 0.573 e. The molecule has 1 rings (SSSR count). The van der Waals surface area contributed by atoms with Crippen LogP contribution in [-0.4, -0.2) is 39.6 Å². The van der Waals surface area contributed by atoms with Crippen LogP contribution < -0.4 is 4.74 Å². The topological polar surface area (TPSA) is 87.0 Å². The zero-order chi connectivity index (χ0) is 16.2. The van der Waals surface area contributed by atoms with E-state index in [1.54, 1.807) is 0 Å². The third-order valence-corrected chi connectivity index (χ3v) is 2.74. The lowest BCUT2D eigenvalue weighted by Gasteiger charge is -2.19. The molecule has 21 heavy (non-hydrogen) atoms. The standard InChI is InChI=1S/C12H12ClF3O5/c13-2-1-9(17)10(18)6-3-7(11(19)20)5-8(4-6)21-12(14,15)16/h3-5,9-10,17-18H,1-2H2,(H,19,20). The van der Waals surface area contributed by atoms with Crippen LogP contribution in [0.4, 0.5) is 13.2 Å². The van der Waals surface area contributed by atoms with Crippen molar-refractivity contribution in [2.75, 3.05) is 5.88 Å². The van der Waals surface area contributed by atoms with E-state index in [4.69, 9.17) is 16.7 Å². The molecule has 2 unspecified atom stereocenters. The van der Waals surface area contributed by atoms with Crippen LogP contribution in [0.5, 0.6) is 5.75 Å². The molecule has 0 heterocycles. The second kappa shape index (κ2) is 6.97. The molecule has 0 aliphatic carbocycles. The van der Waals surface area contributed by atoms with Gasteiger partial charge >= 0.3 is 12.3 Å². The lowest BCUT2D eigenvalue weighted by Crippen LogP contribution is -2.21. The number of rotatable bonds is 6. The fourth-order valence-electron chi connectivity index (χ4n) is 1.60. The summed E-state index contributed by atoms with van der Waals surface area (Å²) in [5, 5.41) is 28.2. The minimum atomic E-state index is -5.01. The Labute approximate surface area is 122 Å². The number of carboxylic acid groups (broad SMARTS) is 1. The van der Waals surface area contributed by atoms with Gasteiger partial charge in [-0.3, -0.25) is 0 Å². The Morgan fingerprint density at radius 2 is 1.90 bits per heavy atom. The Morgan fingerprint density at radius 1 is 1.29 bits per heavy atom. The number of aliphatic hydroxyl groups excluding tert-OH is 2. The molecule has 0 bridgehead atoms. The number of aliphatic hydroxyl groups is 2.